The molecule has 0 unspecified atom stereocenters. The van der Waals surface area contributed by atoms with Crippen molar-refractivity contribution in [3.05, 3.63) is 0 Å². The highest BCUT2D eigenvalue weighted by Crippen LogP contribution is 1.91. The first kappa shape index (κ1) is 23.7. The maximum Gasteiger partial charge on any atom is 0.243 e. The van der Waals surface area contributed by atoms with Crippen molar-refractivity contribution < 1.29 is 9.53 Å². The minimum Gasteiger partial charge on any atom is -0.382 e. The molecule has 0 aromatic rings. The molecule has 0 fully saturated rings. The summed E-state index contributed by atoms with van der Waals surface area (Å²) < 4.78 is 5.30. The van der Waals surface area contributed by atoms with Crippen LogP contribution in [0.5, 0.6) is 0 Å². The van der Waals surface area contributed by atoms with Gasteiger partial charge in [0, 0.05) is 40.4 Å². The number of amides is 1. The number of carbonyl (C=O) groups is 1. The van der Waals surface area contributed by atoms with Gasteiger partial charge in [0.05, 0.1) is 0 Å². The summed E-state index contributed by atoms with van der Waals surface area (Å²) in [6.45, 7) is 7.48. The van der Waals surface area contributed by atoms with Crippen molar-refractivity contribution in [1.29, 1.82) is 0 Å². The van der Waals surface area contributed by atoms with Crippen LogP contribution in [-0.2, 0) is 9.53 Å². The molecule has 0 bridgehead atoms. The molecule has 0 atom stereocenters. The Labute approximate surface area is 152 Å². The molecule has 22 heavy (non-hydrogen) atoms. The van der Waals surface area contributed by atoms with E-state index in [-0.39, 0.29) is 36.4 Å². The number of unbranched alkanes of at least 4 members (excludes halogenated alkanes) is 2. The Balaban J connectivity index is 0. The molecule has 0 aliphatic rings. The predicted octanol–water partition coefficient (Wildman–Crippen LogP) is 1.84. The van der Waals surface area contributed by atoms with Crippen molar-refractivity contribution >= 4 is 35.8 Å². The SMILES string of the molecule is CCCCCNC(=NCC(=O)N(C)C)NCCCOCC.I. The number of hydrogen-bond acceptors (Lipinski definition) is 3. The van der Waals surface area contributed by atoms with Gasteiger partial charge in [0.25, 0.3) is 0 Å². The van der Waals surface area contributed by atoms with Crippen LogP contribution in [0.4, 0.5) is 0 Å². The zero-order valence-electron chi connectivity index (χ0n) is 14.5. The number of rotatable bonds is 11. The van der Waals surface area contributed by atoms with Crippen molar-refractivity contribution in [1.82, 2.24) is 15.5 Å². The minimum absolute atomic E-state index is 0. The standard InChI is InChI=1S/C15H32N4O2.HI/c1-5-7-8-10-16-15(17-11-9-12-21-6-2)18-13-14(20)19(3)4;/h5-13H2,1-4H3,(H2,16,17,18);1H. The lowest BCUT2D eigenvalue weighted by atomic mass is 10.2. The summed E-state index contributed by atoms with van der Waals surface area (Å²) >= 11 is 0. The van der Waals surface area contributed by atoms with Crippen LogP contribution in [0.2, 0.25) is 0 Å². The summed E-state index contributed by atoms with van der Waals surface area (Å²) in [4.78, 5) is 17.5. The fourth-order valence-corrected chi connectivity index (χ4v) is 1.57. The fraction of sp³-hybridized carbons (Fsp3) is 0.867. The molecule has 6 nitrogen and oxygen atoms in total. The lowest BCUT2D eigenvalue weighted by Crippen LogP contribution is -2.39. The number of nitrogens with one attached hydrogen (secondary N) is 2. The first-order valence-corrected chi connectivity index (χ1v) is 7.91. The Morgan fingerprint density at radius 2 is 1.73 bits per heavy atom. The van der Waals surface area contributed by atoms with Crippen LogP contribution in [-0.4, -0.2) is 63.7 Å². The molecule has 132 valence electrons. The van der Waals surface area contributed by atoms with Gasteiger partial charge in [0.2, 0.25) is 5.91 Å². The maximum absolute atomic E-state index is 11.6. The highest BCUT2D eigenvalue weighted by Gasteiger charge is 2.04. The van der Waals surface area contributed by atoms with E-state index in [1.54, 1.807) is 19.0 Å². The summed E-state index contributed by atoms with van der Waals surface area (Å²) in [5.41, 5.74) is 0. The molecule has 7 heteroatoms. The first-order chi connectivity index (χ1) is 10.1. The molecular formula is C15H33IN4O2. The van der Waals surface area contributed by atoms with Crippen LogP contribution in [0.3, 0.4) is 0 Å². The highest BCUT2D eigenvalue weighted by atomic mass is 127. The summed E-state index contributed by atoms with van der Waals surface area (Å²) in [5, 5.41) is 6.51. The first-order valence-electron chi connectivity index (χ1n) is 7.91. The maximum atomic E-state index is 11.6. The molecule has 0 saturated carbocycles. The summed E-state index contributed by atoms with van der Waals surface area (Å²) in [5.74, 6) is 0.705. The van der Waals surface area contributed by atoms with E-state index in [1.165, 1.54) is 12.8 Å². The zero-order chi connectivity index (χ0) is 15.9. The Bertz CT molecular complexity index is 299. The van der Waals surface area contributed by atoms with Crippen molar-refractivity contribution in [2.24, 2.45) is 4.99 Å². The lowest BCUT2D eigenvalue weighted by molar-refractivity contribution is -0.127. The number of guanidine groups is 1. The Kier molecular flexibility index (Phi) is 18.1. The monoisotopic (exact) mass is 428 g/mol. The molecule has 0 heterocycles. The van der Waals surface area contributed by atoms with Crippen LogP contribution < -0.4 is 10.6 Å². The summed E-state index contributed by atoms with van der Waals surface area (Å²) in [6.07, 6.45) is 4.42. The third-order valence-corrected chi connectivity index (χ3v) is 2.91. The van der Waals surface area contributed by atoms with Gasteiger partial charge in [-0.25, -0.2) is 4.99 Å². The molecule has 0 aliphatic carbocycles. The molecule has 0 aromatic heterocycles. The Hall–Kier alpha value is -0.570. The molecule has 1 amide bonds. The van der Waals surface area contributed by atoms with Gasteiger partial charge in [-0.3, -0.25) is 4.79 Å². The van der Waals surface area contributed by atoms with Crippen LogP contribution in [0.15, 0.2) is 4.99 Å². The Morgan fingerprint density at radius 3 is 2.27 bits per heavy atom. The van der Waals surface area contributed by atoms with Gasteiger partial charge in [-0.2, -0.15) is 0 Å². The number of ether oxygens (including phenoxy) is 1. The smallest absolute Gasteiger partial charge is 0.243 e. The molecule has 0 radical (unpaired) electrons. The van der Waals surface area contributed by atoms with E-state index in [9.17, 15) is 4.79 Å². The zero-order valence-corrected chi connectivity index (χ0v) is 16.8. The van der Waals surface area contributed by atoms with Crippen molar-refractivity contribution in [3.8, 4) is 0 Å². The fourth-order valence-electron chi connectivity index (χ4n) is 1.57. The molecule has 0 rings (SSSR count). The van der Waals surface area contributed by atoms with Crippen LogP contribution in [0, 0.1) is 0 Å². The van der Waals surface area contributed by atoms with E-state index in [2.05, 4.69) is 22.5 Å². The predicted molar refractivity (Wildman–Crippen MR) is 103 cm³/mol. The average molecular weight is 428 g/mol. The second-order valence-electron chi connectivity index (χ2n) is 5.06. The normalized spacial score (nSPS) is 10.8. The molecular weight excluding hydrogens is 395 g/mol. The van der Waals surface area contributed by atoms with Gasteiger partial charge in [0.1, 0.15) is 6.54 Å². The van der Waals surface area contributed by atoms with E-state index in [4.69, 9.17) is 4.74 Å². The summed E-state index contributed by atoms with van der Waals surface area (Å²) in [6, 6.07) is 0. The largest absolute Gasteiger partial charge is 0.382 e. The van der Waals surface area contributed by atoms with Crippen LogP contribution >= 0.6 is 24.0 Å². The second-order valence-corrected chi connectivity index (χ2v) is 5.06. The number of nitrogens with zero attached hydrogens (tertiary/aromatic N) is 2. The van der Waals surface area contributed by atoms with Crippen LogP contribution in [0.1, 0.15) is 39.5 Å². The average Bonchev–Trinajstić information content (AvgIpc) is 2.47. The van der Waals surface area contributed by atoms with Gasteiger partial charge < -0.3 is 20.3 Å². The number of carbonyl (C=O) groups excluding carboxylic acids is 1. The quantitative estimate of drug-likeness (QED) is 0.228. The van der Waals surface area contributed by atoms with E-state index < -0.39 is 0 Å². The van der Waals surface area contributed by atoms with Crippen molar-refractivity contribution in [2.75, 3.05) is 46.9 Å². The van der Waals surface area contributed by atoms with Crippen molar-refractivity contribution in [2.45, 2.75) is 39.5 Å². The molecule has 2 N–H and O–H groups in total. The lowest BCUT2D eigenvalue weighted by Gasteiger charge is -2.13. The Morgan fingerprint density at radius 1 is 1.09 bits per heavy atom. The van der Waals surface area contributed by atoms with Gasteiger partial charge >= 0.3 is 0 Å². The molecule has 0 saturated heterocycles. The number of aliphatic imine (C=N–C) groups is 1. The number of halogens is 1. The van der Waals surface area contributed by atoms with Gasteiger partial charge in [-0.1, -0.05) is 19.8 Å². The minimum atomic E-state index is -0.000950. The van der Waals surface area contributed by atoms with E-state index >= 15 is 0 Å². The third kappa shape index (κ3) is 14.4. The number of likely N-dealkylation sites (N-methyl/N-ethyl adjacent to an activating group) is 1. The van der Waals surface area contributed by atoms with E-state index in [0.29, 0.717) is 5.96 Å². The molecule has 0 aliphatic heterocycles. The van der Waals surface area contributed by atoms with Gasteiger partial charge in [-0.15, -0.1) is 24.0 Å². The molecule has 0 aromatic carbocycles. The van der Waals surface area contributed by atoms with Crippen LogP contribution in [0.25, 0.3) is 0 Å². The van der Waals surface area contributed by atoms with E-state index in [0.717, 1.165) is 39.1 Å². The van der Waals surface area contributed by atoms with Crippen molar-refractivity contribution in [3.63, 3.8) is 0 Å². The summed E-state index contributed by atoms with van der Waals surface area (Å²) in [7, 11) is 3.48. The second kappa shape index (κ2) is 16.8. The number of hydrogen-bond donors (Lipinski definition) is 2. The van der Waals surface area contributed by atoms with Gasteiger partial charge in [0.15, 0.2) is 5.96 Å². The van der Waals surface area contributed by atoms with E-state index in [1.807, 2.05) is 6.92 Å². The molecule has 0 spiro atoms. The van der Waals surface area contributed by atoms with Gasteiger partial charge in [-0.05, 0) is 19.8 Å². The third-order valence-electron chi connectivity index (χ3n) is 2.91. The highest BCUT2D eigenvalue weighted by molar-refractivity contribution is 14.0. The topological polar surface area (TPSA) is 66.0 Å².